The van der Waals surface area contributed by atoms with Crippen molar-refractivity contribution in [1.29, 1.82) is 5.26 Å². The second-order valence-electron chi connectivity index (χ2n) is 4.33. The third-order valence-corrected chi connectivity index (χ3v) is 3.00. The van der Waals surface area contributed by atoms with E-state index in [1.54, 1.807) is 30.3 Å². The van der Waals surface area contributed by atoms with Crippen molar-refractivity contribution >= 4 is 22.7 Å². The van der Waals surface area contributed by atoms with Crippen molar-refractivity contribution in [2.75, 3.05) is 0 Å². The van der Waals surface area contributed by atoms with Gasteiger partial charge in [-0.25, -0.2) is 4.98 Å². The van der Waals surface area contributed by atoms with Gasteiger partial charge in [0.2, 0.25) is 0 Å². The minimum absolute atomic E-state index is 0.136. The Hall–Kier alpha value is -3.06. The Bertz CT molecular complexity index is 807. The molecule has 4 nitrogen and oxygen atoms in total. The van der Waals surface area contributed by atoms with Gasteiger partial charge in [0, 0.05) is 5.56 Å². The maximum atomic E-state index is 9.76. The second-order valence-corrected chi connectivity index (χ2v) is 4.33. The summed E-state index contributed by atoms with van der Waals surface area (Å²) in [6.45, 7) is 0. The molecule has 4 heteroatoms. The molecule has 0 saturated heterocycles. The number of aromatic hydroxyl groups is 1. The molecule has 0 unspecified atom stereocenters. The maximum absolute atomic E-state index is 9.76. The Morgan fingerprint density at radius 1 is 1.15 bits per heavy atom. The summed E-state index contributed by atoms with van der Waals surface area (Å²) in [4.78, 5) is 7.48. The van der Waals surface area contributed by atoms with Gasteiger partial charge in [0.05, 0.1) is 16.6 Å². The summed E-state index contributed by atoms with van der Waals surface area (Å²) in [5.41, 5.74) is 2.65. The van der Waals surface area contributed by atoms with Crippen molar-refractivity contribution in [3.8, 4) is 11.8 Å². The topological polar surface area (TPSA) is 72.7 Å². The predicted octanol–water partition coefficient (Wildman–Crippen LogP) is 3.33. The first-order valence-corrected chi connectivity index (χ1v) is 6.13. The molecule has 96 valence electrons. The number of benzene rings is 2. The first kappa shape index (κ1) is 12.0. The Labute approximate surface area is 115 Å². The van der Waals surface area contributed by atoms with Gasteiger partial charge in [-0.2, -0.15) is 5.26 Å². The first-order valence-electron chi connectivity index (χ1n) is 6.13. The van der Waals surface area contributed by atoms with Gasteiger partial charge in [0.25, 0.3) is 0 Å². The van der Waals surface area contributed by atoms with E-state index in [1.165, 1.54) is 0 Å². The monoisotopic (exact) mass is 261 g/mol. The highest BCUT2D eigenvalue weighted by atomic mass is 16.3. The zero-order valence-corrected chi connectivity index (χ0v) is 10.5. The number of rotatable bonds is 2. The van der Waals surface area contributed by atoms with E-state index in [1.807, 2.05) is 24.3 Å². The van der Waals surface area contributed by atoms with Crippen molar-refractivity contribution in [3.05, 3.63) is 59.9 Å². The number of aromatic amines is 1. The third-order valence-electron chi connectivity index (χ3n) is 3.00. The van der Waals surface area contributed by atoms with Crippen LogP contribution in [0.1, 0.15) is 11.4 Å². The maximum Gasteiger partial charge on any atom is 0.149 e. The van der Waals surface area contributed by atoms with E-state index < -0.39 is 0 Å². The fraction of sp³-hybridized carbons (Fsp3) is 0. The highest BCUT2D eigenvalue weighted by Crippen LogP contribution is 2.23. The van der Waals surface area contributed by atoms with Crippen LogP contribution in [0.15, 0.2) is 48.5 Å². The number of imidazole rings is 1. The van der Waals surface area contributed by atoms with Crippen LogP contribution in [-0.4, -0.2) is 15.1 Å². The summed E-state index contributed by atoms with van der Waals surface area (Å²) in [5, 5.41) is 19.1. The standard InChI is InChI=1S/C16H11N3O/c17-10-12(9-11-5-1-4-8-15(11)20)16-18-13-6-2-3-7-14(13)19-16/h1-9,20H,(H,18,19)/b12-9+. The van der Waals surface area contributed by atoms with Gasteiger partial charge in [-0.1, -0.05) is 30.3 Å². The van der Waals surface area contributed by atoms with Gasteiger partial charge in [0.1, 0.15) is 17.6 Å². The van der Waals surface area contributed by atoms with E-state index in [9.17, 15) is 10.4 Å². The Balaban J connectivity index is 2.10. The van der Waals surface area contributed by atoms with Crippen molar-refractivity contribution in [1.82, 2.24) is 9.97 Å². The van der Waals surface area contributed by atoms with Crippen LogP contribution in [0.3, 0.4) is 0 Å². The molecule has 3 rings (SSSR count). The van der Waals surface area contributed by atoms with E-state index >= 15 is 0 Å². The lowest BCUT2D eigenvalue weighted by atomic mass is 10.1. The number of nitrogens with one attached hydrogen (secondary N) is 1. The molecule has 0 aliphatic rings. The number of fused-ring (bicyclic) bond motifs is 1. The number of hydrogen-bond donors (Lipinski definition) is 2. The third kappa shape index (κ3) is 2.13. The number of H-pyrrole nitrogens is 1. The van der Waals surface area contributed by atoms with E-state index in [4.69, 9.17) is 0 Å². The fourth-order valence-electron chi connectivity index (χ4n) is 2.00. The quantitative estimate of drug-likeness (QED) is 0.695. The number of phenols is 1. The Morgan fingerprint density at radius 3 is 2.65 bits per heavy atom. The molecule has 2 N–H and O–H groups in total. The molecule has 1 heterocycles. The van der Waals surface area contributed by atoms with E-state index in [0.717, 1.165) is 11.0 Å². The highest BCUT2D eigenvalue weighted by molar-refractivity contribution is 5.91. The van der Waals surface area contributed by atoms with Crippen LogP contribution < -0.4 is 0 Å². The van der Waals surface area contributed by atoms with Crippen LogP contribution in [0.5, 0.6) is 5.75 Å². The summed E-state index contributed by atoms with van der Waals surface area (Å²) < 4.78 is 0. The number of hydrogen-bond acceptors (Lipinski definition) is 3. The average Bonchev–Trinajstić information content (AvgIpc) is 2.90. The molecule has 0 bridgehead atoms. The number of nitrogens with zero attached hydrogens (tertiary/aromatic N) is 2. The van der Waals surface area contributed by atoms with E-state index in [2.05, 4.69) is 16.0 Å². The van der Waals surface area contributed by atoms with Crippen molar-refractivity contribution in [2.24, 2.45) is 0 Å². The highest BCUT2D eigenvalue weighted by Gasteiger charge is 2.08. The SMILES string of the molecule is N#C/C(=C\c1ccccc1O)c1nc2ccccc2[nH]1. The lowest BCUT2D eigenvalue weighted by molar-refractivity contribution is 0.474. The van der Waals surface area contributed by atoms with E-state index in [-0.39, 0.29) is 5.75 Å². The molecule has 20 heavy (non-hydrogen) atoms. The normalized spacial score (nSPS) is 11.4. The molecule has 3 aromatic rings. The largest absolute Gasteiger partial charge is 0.507 e. The molecule has 0 radical (unpaired) electrons. The molecule has 0 spiro atoms. The number of allylic oxidation sites excluding steroid dienone is 1. The molecular weight excluding hydrogens is 250 g/mol. The van der Waals surface area contributed by atoms with Gasteiger partial charge in [-0.3, -0.25) is 0 Å². The van der Waals surface area contributed by atoms with Crippen LogP contribution in [0.4, 0.5) is 0 Å². The summed E-state index contributed by atoms with van der Waals surface area (Å²) >= 11 is 0. The van der Waals surface area contributed by atoms with Crippen LogP contribution in [0.25, 0.3) is 22.7 Å². The molecule has 0 amide bonds. The second kappa shape index (κ2) is 4.90. The van der Waals surface area contributed by atoms with Crippen molar-refractivity contribution in [2.45, 2.75) is 0 Å². The summed E-state index contributed by atoms with van der Waals surface area (Å²) in [6, 6.07) is 16.6. The van der Waals surface area contributed by atoms with Crippen LogP contribution in [0.2, 0.25) is 0 Å². The minimum atomic E-state index is 0.136. The lowest BCUT2D eigenvalue weighted by Crippen LogP contribution is -1.85. The molecular formula is C16H11N3O. The van der Waals surface area contributed by atoms with Crippen LogP contribution in [-0.2, 0) is 0 Å². The van der Waals surface area contributed by atoms with Gasteiger partial charge in [0.15, 0.2) is 0 Å². The lowest BCUT2D eigenvalue weighted by Gasteiger charge is -1.98. The summed E-state index contributed by atoms with van der Waals surface area (Å²) in [6.07, 6.45) is 1.62. The summed E-state index contributed by atoms with van der Waals surface area (Å²) in [7, 11) is 0. The number of phenolic OH excluding ortho intramolecular Hbond substituents is 1. The smallest absolute Gasteiger partial charge is 0.149 e. The molecule has 0 aliphatic carbocycles. The van der Waals surface area contributed by atoms with Crippen molar-refractivity contribution < 1.29 is 5.11 Å². The molecule has 0 fully saturated rings. The number of nitriles is 1. The van der Waals surface area contributed by atoms with Crippen LogP contribution in [0, 0.1) is 11.3 Å². The minimum Gasteiger partial charge on any atom is -0.507 e. The fourth-order valence-corrected chi connectivity index (χ4v) is 2.00. The molecule has 0 aliphatic heterocycles. The van der Waals surface area contributed by atoms with Gasteiger partial charge < -0.3 is 10.1 Å². The molecule has 0 atom stereocenters. The number of para-hydroxylation sites is 3. The zero-order valence-electron chi connectivity index (χ0n) is 10.5. The average molecular weight is 261 g/mol. The van der Waals surface area contributed by atoms with Crippen molar-refractivity contribution in [3.63, 3.8) is 0 Å². The summed E-state index contributed by atoms with van der Waals surface area (Å²) in [5.74, 6) is 0.633. The van der Waals surface area contributed by atoms with E-state index in [0.29, 0.717) is 17.0 Å². The van der Waals surface area contributed by atoms with Gasteiger partial charge in [-0.15, -0.1) is 0 Å². The van der Waals surface area contributed by atoms with Crippen LogP contribution >= 0.6 is 0 Å². The Morgan fingerprint density at radius 2 is 1.90 bits per heavy atom. The van der Waals surface area contributed by atoms with Gasteiger partial charge >= 0.3 is 0 Å². The van der Waals surface area contributed by atoms with Gasteiger partial charge in [-0.05, 0) is 24.3 Å². The Kier molecular flexibility index (Phi) is 2.94. The molecule has 2 aromatic carbocycles. The molecule has 0 saturated carbocycles. The zero-order chi connectivity index (χ0) is 13.9. The molecule has 1 aromatic heterocycles. The first-order chi connectivity index (χ1) is 9.78. The number of aromatic nitrogens is 2. The predicted molar refractivity (Wildman–Crippen MR) is 77.7 cm³/mol.